The maximum absolute atomic E-state index is 10.7. The molecule has 0 unspecified atom stereocenters. The molecule has 0 atom stereocenters. The highest BCUT2D eigenvalue weighted by molar-refractivity contribution is 6.15. The van der Waals surface area contributed by atoms with E-state index < -0.39 is 0 Å². The summed E-state index contributed by atoms with van der Waals surface area (Å²) in [7, 11) is 0. The van der Waals surface area contributed by atoms with Gasteiger partial charge in [0.15, 0.2) is 11.6 Å². The van der Waals surface area contributed by atoms with Crippen LogP contribution in [0.1, 0.15) is 11.1 Å². The van der Waals surface area contributed by atoms with Gasteiger partial charge in [0.05, 0.1) is 46.0 Å². The van der Waals surface area contributed by atoms with Gasteiger partial charge in [-0.05, 0) is 217 Å². The SMILES string of the molecule is N#Cc1cc(-c2ccc3ccc(-c4ccc(-c5cc(-c6ccccc6)nc(-c6ccc(-c7ccc8c(c7)cc(-c7cc(C#N)cc(-c9ccc%10ccc(-c%11ccc(-c%12cc(-c%13ccccc%13)nc(-c%13ccccc%13)n%12)cc%11)cc%10c9)c7)c7ccccc78)cc6)n5)cc4)cc3c2)cc(-c2cccc3ccccc23)c1. The summed E-state index contributed by atoms with van der Waals surface area (Å²) in [5.74, 6) is 1.32. The van der Waals surface area contributed by atoms with Crippen molar-refractivity contribution in [2.75, 3.05) is 0 Å². The van der Waals surface area contributed by atoms with Crippen LogP contribution in [0.25, 0.3) is 200 Å². The van der Waals surface area contributed by atoms with Crippen molar-refractivity contribution in [2.45, 2.75) is 0 Å². The molecule has 19 rings (SSSR count). The molecular formula is C102H62N6. The standard InChI is InChI=1S/C102H62N6/c103-63-65-49-84(58-88(51-65)92-26-14-22-72-15-10-11-23-91(72)92)82-45-35-70-33-43-79(53-86(70)55-82)68-29-39-76(40-30-68)100-62-98(74-18-6-2-7-19-74)106-102(108-100)78-41-31-69(32-42-78)81-47-48-93-90(57-81)60-96(95-25-13-12-24-94(93)95)89-52-66(64-104)50-85(59-89)83-46-36-71-34-44-80(54-87(71)56-83)67-27-37-75(38-28-67)99-61-97(73-16-4-1-5-17-73)105-101(107-99)77-20-8-3-9-21-77/h1-62H. The van der Waals surface area contributed by atoms with E-state index in [4.69, 9.17) is 19.9 Å². The van der Waals surface area contributed by atoms with E-state index in [9.17, 15) is 10.5 Å². The second kappa shape index (κ2) is 27.4. The van der Waals surface area contributed by atoms with Gasteiger partial charge in [-0.25, -0.2) is 19.9 Å². The zero-order valence-corrected chi connectivity index (χ0v) is 58.5. The Hall–Kier alpha value is -14.8. The highest BCUT2D eigenvalue weighted by Crippen LogP contribution is 2.42. The largest absolute Gasteiger partial charge is 0.228 e. The normalized spacial score (nSPS) is 11.3. The molecule has 0 saturated heterocycles. The number of hydrogen-bond acceptors (Lipinski definition) is 6. The van der Waals surface area contributed by atoms with Crippen LogP contribution in [0.15, 0.2) is 376 Å². The first-order chi connectivity index (χ1) is 53.3. The highest BCUT2D eigenvalue weighted by Gasteiger charge is 2.19. The molecule has 0 fully saturated rings. The zero-order valence-electron chi connectivity index (χ0n) is 58.5. The number of rotatable bonds is 13. The van der Waals surface area contributed by atoms with Crippen LogP contribution in [0.4, 0.5) is 0 Å². The Morgan fingerprint density at radius 3 is 0.972 bits per heavy atom. The Bertz CT molecular complexity index is 6780. The smallest absolute Gasteiger partial charge is 0.160 e. The van der Waals surface area contributed by atoms with E-state index in [0.717, 1.165) is 183 Å². The summed E-state index contributed by atoms with van der Waals surface area (Å²) >= 11 is 0. The van der Waals surface area contributed by atoms with Crippen LogP contribution < -0.4 is 0 Å². The quantitative estimate of drug-likeness (QED) is 0.107. The van der Waals surface area contributed by atoms with Gasteiger partial charge in [-0.15, -0.1) is 0 Å². The number of aromatic nitrogens is 4. The van der Waals surface area contributed by atoms with E-state index in [-0.39, 0.29) is 0 Å². The van der Waals surface area contributed by atoms with Crippen LogP contribution in [0, 0.1) is 22.7 Å². The van der Waals surface area contributed by atoms with Crippen molar-refractivity contribution in [2.24, 2.45) is 0 Å². The fraction of sp³-hybridized carbons (Fsp3) is 0. The van der Waals surface area contributed by atoms with Crippen molar-refractivity contribution in [1.82, 2.24) is 19.9 Å². The molecule has 19 aromatic rings. The van der Waals surface area contributed by atoms with Crippen molar-refractivity contribution < 1.29 is 0 Å². The van der Waals surface area contributed by atoms with Crippen LogP contribution in [0.5, 0.6) is 0 Å². The number of hydrogen-bond donors (Lipinski definition) is 0. The van der Waals surface area contributed by atoms with Crippen molar-refractivity contribution in [3.63, 3.8) is 0 Å². The molecule has 6 nitrogen and oxygen atoms in total. The Balaban J connectivity index is 0.602. The molecule has 2 heterocycles. The third-order valence-electron chi connectivity index (χ3n) is 20.9. The highest BCUT2D eigenvalue weighted by atomic mass is 14.9. The third-order valence-corrected chi connectivity index (χ3v) is 20.9. The van der Waals surface area contributed by atoms with Crippen LogP contribution in [0.3, 0.4) is 0 Å². The number of benzene rings is 17. The van der Waals surface area contributed by atoms with Crippen LogP contribution in [-0.2, 0) is 0 Å². The third kappa shape index (κ3) is 12.4. The van der Waals surface area contributed by atoms with E-state index in [0.29, 0.717) is 22.8 Å². The van der Waals surface area contributed by atoms with Gasteiger partial charge in [0.25, 0.3) is 0 Å². The molecule has 0 bridgehead atoms. The monoisotopic (exact) mass is 1370 g/mol. The molecule has 500 valence electrons. The molecule has 0 radical (unpaired) electrons. The molecule has 6 heteroatoms. The number of nitrogens with zero attached hydrogens (tertiary/aromatic N) is 6. The number of nitriles is 2. The lowest BCUT2D eigenvalue weighted by Crippen LogP contribution is -1.96. The van der Waals surface area contributed by atoms with E-state index >= 15 is 0 Å². The van der Waals surface area contributed by atoms with Crippen LogP contribution in [0.2, 0.25) is 0 Å². The summed E-state index contributed by atoms with van der Waals surface area (Å²) in [5, 5.41) is 32.2. The van der Waals surface area contributed by atoms with Gasteiger partial charge in [0, 0.05) is 33.4 Å². The van der Waals surface area contributed by atoms with Gasteiger partial charge >= 0.3 is 0 Å². The minimum atomic E-state index is 0.592. The maximum atomic E-state index is 10.7. The van der Waals surface area contributed by atoms with Crippen LogP contribution >= 0.6 is 0 Å². The van der Waals surface area contributed by atoms with Gasteiger partial charge < -0.3 is 0 Å². The summed E-state index contributed by atoms with van der Waals surface area (Å²) in [5.41, 5.74) is 25.3. The average Bonchev–Trinajstić information content (AvgIpc) is 0.762. The molecule has 0 amide bonds. The van der Waals surface area contributed by atoms with Crippen molar-refractivity contribution in [3.05, 3.63) is 387 Å². The molecule has 0 aliphatic carbocycles. The van der Waals surface area contributed by atoms with Gasteiger partial charge in [0.1, 0.15) is 0 Å². The molecule has 0 aliphatic heterocycles. The first kappa shape index (κ1) is 64.1. The summed E-state index contributed by atoms with van der Waals surface area (Å²) < 4.78 is 0. The fourth-order valence-electron chi connectivity index (χ4n) is 15.3. The lowest BCUT2D eigenvalue weighted by molar-refractivity contribution is 1.18. The average molecular weight is 1370 g/mol. The Morgan fingerprint density at radius 2 is 0.500 bits per heavy atom. The van der Waals surface area contributed by atoms with E-state index in [1.807, 2.05) is 78.9 Å². The van der Waals surface area contributed by atoms with E-state index in [1.54, 1.807) is 0 Å². The van der Waals surface area contributed by atoms with Gasteiger partial charge in [0.2, 0.25) is 0 Å². The van der Waals surface area contributed by atoms with Crippen molar-refractivity contribution in [1.29, 1.82) is 10.5 Å². The lowest BCUT2D eigenvalue weighted by Gasteiger charge is -2.14. The minimum absolute atomic E-state index is 0.592. The van der Waals surface area contributed by atoms with E-state index in [2.05, 4.69) is 309 Å². The minimum Gasteiger partial charge on any atom is -0.228 e. The lowest BCUT2D eigenvalue weighted by atomic mass is 9.89. The van der Waals surface area contributed by atoms with Crippen molar-refractivity contribution >= 4 is 53.9 Å². The first-order valence-electron chi connectivity index (χ1n) is 36.2. The predicted molar refractivity (Wildman–Crippen MR) is 445 cm³/mol. The molecule has 17 aromatic carbocycles. The van der Waals surface area contributed by atoms with Gasteiger partial charge in [-0.2, -0.15) is 10.5 Å². The summed E-state index contributed by atoms with van der Waals surface area (Å²) in [4.78, 5) is 20.6. The zero-order chi connectivity index (χ0) is 72.0. The topological polar surface area (TPSA) is 99.1 Å². The summed E-state index contributed by atoms with van der Waals surface area (Å²) in [6.45, 7) is 0. The molecule has 108 heavy (non-hydrogen) atoms. The molecule has 0 saturated carbocycles. The first-order valence-corrected chi connectivity index (χ1v) is 36.2. The van der Waals surface area contributed by atoms with Gasteiger partial charge in [-0.1, -0.05) is 291 Å². The molecule has 0 aliphatic rings. The Labute approximate surface area is 625 Å². The predicted octanol–water partition coefficient (Wildman–Crippen LogP) is 26.4. The maximum Gasteiger partial charge on any atom is 0.160 e. The Kier molecular flexibility index (Phi) is 16.3. The summed E-state index contributed by atoms with van der Waals surface area (Å²) in [6.07, 6.45) is 0. The Morgan fingerprint density at radius 1 is 0.167 bits per heavy atom. The molecule has 0 spiro atoms. The van der Waals surface area contributed by atoms with Gasteiger partial charge in [-0.3, -0.25) is 0 Å². The molecule has 0 N–H and O–H groups in total. The van der Waals surface area contributed by atoms with Crippen molar-refractivity contribution in [3.8, 4) is 158 Å². The molecule has 2 aromatic heterocycles. The summed E-state index contributed by atoms with van der Waals surface area (Å²) in [6, 6.07) is 137. The second-order valence-corrected chi connectivity index (χ2v) is 27.6. The number of fused-ring (bicyclic) bond motifs is 6. The fourth-order valence-corrected chi connectivity index (χ4v) is 15.3. The molecular weight excluding hydrogens is 1310 g/mol. The van der Waals surface area contributed by atoms with Crippen LogP contribution in [-0.4, -0.2) is 19.9 Å². The van der Waals surface area contributed by atoms with E-state index in [1.165, 1.54) is 5.39 Å². The second-order valence-electron chi connectivity index (χ2n) is 27.6.